The van der Waals surface area contributed by atoms with Crippen molar-refractivity contribution in [3.63, 3.8) is 0 Å². The van der Waals surface area contributed by atoms with E-state index in [1.165, 1.54) is 16.7 Å². The molecule has 0 saturated carbocycles. The molecule has 1 nitrogen and oxygen atoms in total. The number of rotatable bonds is 4. The molecule has 2 aromatic carbocycles. The summed E-state index contributed by atoms with van der Waals surface area (Å²) in [6.45, 7) is 7.23. The first-order chi connectivity index (χ1) is 9.47. The average molecular weight is 308 g/mol. The molecule has 0 atom stereocenters. The minimum atomic E-state index is 0.456. The van der Waals surface area contributed by atoms with Gasteiger partial charge in [-0.2, -0.15) is 0 Å². The Kier molecular flexibility index (Phi) is 5.09. The van der Waals surface area contributed by atoms with Crippen molar-refractivity contribution in [1.29, 1.82) is 0 Å². The zero-order chi connectivity index (χ0) is 14.7. The largest absolute Gasteiger partial charge is 0.310 e. The quantitative estimate of drug-likeness (QED) is 0.790. The lowest BCUT2D eigenvalue weighted by atomic mass is 9.97. The molecule has 0 radical (unpaired) electrons. The third kappa shape index (κ3) is 3.76. The van der Waals surface area contributed by atoms with E-state index in [0.717, 1.165) is 12.1 Å². The second-order valence-electron chi connectivity index (χ2n) is 5.33. The van der Waals surface area contributed by atoms with Gasteiger partial charge in [-0.05, 0) is 35.7 Å². The van der Waals surface area contributed by atoms with Gasteiger partial charge in [-0.1, -0.05) is 66.9 Å². The highest BCUT2D eigenvalue weighted by molar-refractivity contribution is 6.42. The van der Waals surface area contributed by atoms with Crippen LogP contribution in [0.5, 0.6) is 0 Å². The van der Waals surface area contributed by atoms with Crippen molar-refractivity contribution in [2.45, 2.75) is 33.4 Å². The fourth-order valence-electron chi connectivity index (χ4n) is 2.09. The van der Waals surface area contributed by atoms with E-state index >= 15 is 0 Å². The van der Waals surface area contributed by atoms with Crippen LogP contribution >= 0.6 is 23.2 Å². The summed E-state index contributed by atoms with van der Waals surface area (Å²) in [6.07, 6.45) is 0. The van der Waals surface area contributed by atoms with E-state index in [9.17, 15) is 0 Å². The molecule has 0 fully saturated rings. The number of halogens is 2. The molecule has 2 rings (SSSR count). The average Bonchev–Trinajstić information content (AvgIpc) is 2.40. The molecular formula is C17H19Cl2N. The van der Waals surface area contributed by atoms with Gasteiger partial charge in [0.25, 0.3) is 0 Å². The third-order valence-corrected chi connectivity index (χ3v) is 3.94. The van der Waals surface area contributed by atoms with E-state index in [1.54, 1.807) is 0 Å². The Morgan fingerprint density at radius 3 is 2.40 bits per heavy atom. The van der Waals surface area contributed by atoms with Crippen LogP contribution in [0.4, 0.5) is 0 Å². The molecule has 0 saturated heterocycles. The van der Waals surface area contributed by atoms with Crippen LogP contribution in [0.3, 0.4) is 0 Å². The summed E-state index contributed by atoms with van der Waals surface area (Å²) in [7, 11) is 0. The van der Waals surface area contributed by atoms with Gasteiger partial charge in [0.1, 0.15) is 0 Å². The van der Waals surface area contributed by atoms with Gasteiger partial charge in [-0.25, -0.2) is 0 Å². The molecule has 0 unspecified atom stereocenters. The highest BCUT2D eigenvalue weighted by Crippen LogP contribution is 2.31. The fourth-order valence-corrected chi connectivity index (χ4v) is 2.39. The molecule has 0 heterocycles. The predicted molar refractivity (Wildman–Crippen MR) is 88.6 cm³/mol. The molecule has 0 aliphatic heterocycles. The molecule has 0 aliphatic rings. The smallest absolute Gasteiger partial charge is 0.0598 e. The Labute approximate surface area is 130 Å². The second kappa shape index (κ2) is 6.62. The van der Waals surface area contributed by atoms with Crippen molar-refractivity contribution in [2.75, 3.05) is 0 Å². The molecule has 0 aliphatic carbocycles. The van der Waals surface area contributed by atoms with Gasteiger partial charge < -0.3 is 5.32 Å². The Balaban J connectivity index is 2.42. The zero-order valence-corrected chi connectivity index (χ0v) is 13.5. The summed E-state index contributed by atoms with van der Waals surface area (Å²) >= 11 is 12.1. The normalized spacial score (nSPS) is 11.1. The van der Waals surface area contributed by atoms with Crippen LogP contribution in [0.25, 0.3) is 11.1 Å². The van der Waals surface area contributed by atoms with Crippen LogP contribution in [-0.4, -0.2) is 6.04 Å². The van der Waals surface area contributed by atoms with Crippen molar-refractivity contribution < 1.29 is 0 Å². The molecular weight excluding hydrogens is 289 g/mol. The first-order valence-electron chi connectivity index (χ1n) is 6.75. The highest BCUT2D eigenvalue weighted by Gasteiger charge is 2.08. The van der Waals surface area contributed by atoms with Crippen LogP contribution in [0.15, 0.2) is 36.4 Å². The van der Waals surface area contributed by atoms with Crippen LogP contribution in [0.1, 0.15) is 25.0 Å². The summed E-state index contributed by atoms with van der Waals surface area (Å²) in [5.41, 5.74) is 4.81. The van der Waals surface area contributed by atoms with Gasteiger partial charge in [-0.15, -0.1) is 0 Å². The van der Waals surface area contributed by atoms with Crippen molar-refractivity contribution in [2.24, 2.45) is 0 Å². The Morgan fingerprint density at radius 1 is 1.00 bits per heavy atom. The molecule has 20 heavy (non-hydrogen) atoms. The third-order valence-electron chi connectivity index (χ3n) is 3.20. The minimum Gasteiger partial charge on any atom is -0.310 e. The maximum atomic E-state index is 6.14. The van der Waals surface area contributed by atoms with Crippen molar-refractivity contribution in [1.82, 2.24) is 5.32 Å². The lowest BCUT2D eigenvalue weighted by molar-refractivity contribution is 0.589. The summed E-state index contributed by atoms with van der Waals surface area (Å²) in [5, 5.41) is 4.64. The van der Waals surface area contributed by atoms with Gasteiger partial charge in [0, 0.05) is 12.6 Å². The van der Waals surface area contributed by atoms with E-state index in [1.807, 2.05) is 18.2 Å². The molecule has 0 aromatic heterocycles. The van der Waals surface area contributed by atoms with Gasteiger partial charge in [-0.3, -0.25) is 0 Å². The number of benzene rings is 2. The van der Waals surface area contributed by atoms with Crippen LogP contribution < -0.4 is 5.32 Å². The van der Waals surface area contributed by atoms with Crippen molar-refractivity contribution in [3.05, 3.63) is 57.6 Å². The number of nitrogens with one attached hydrogen (secondary N) is 1. The van der Waals surface area contributed by atoms with E-state index in [0.29, 0.717) is 16.1 Å². The summed E-state index contributed by atoms with van der Waals surface area (Å²) in [4.78, 5) is 0. The monoisotopic (exact) mass is 307 g/mol. The lowest BCUT2D eigenvalue weighted by Crippen LogP contribution is -2.22. The zero-order valence-electron chi connectivity index (χ0n) is 12.0. The number of aryl methyl sites for hydroxylation is 1. The van der Waals surface area contributed by atoms with Crippen LogP contribution in [0.2, 0.25) is 10.0 Å². The van der Waals surface area contributed by atoms with Crippen LogP contribution in [0, 0.1) is 6.92 Å². The lowest BCUT2D eigenvalue weighted by Gasteiger charge is -2.14. The second-order valence-corrected chi connectivity index (χ2v) is 6.14. The van der Waals surface area contributed by atoms with Gasteiger partial charge in [0.2, 0.25) is 0 Å². The fraction of sp³-hybridized carbons (Fsp3) is 0.294. The van der Waals surface area contributed by atoms with Crippen molar-refractivity contribution >= 4 is 23.2 Å². The SMILES string of the molecule is Cc1ccc(CNC(C)C)c(-c2ccc(Cl)c(Cl)c2)c1. The van der Waals surface area contributed by atoms with E-state index < -0.39 is 0 Å². The van der Waals surface area contributed by atoms with E-state index in [-0.39, 0.29) is 0 Å². The predicted octanol–water partition coefficient (Wildman–Crippen LogP) is 5.47. The Hall–Kier alpha value is -1.02. The summed E-state index contributed by atoms with van der Waals surface area (Å²) < 4.78 is 0. The van der Waals surface area contributed by atoms with Crippen molar-refractivity contribution in [3.8, 4) is 11.1 Å². The topological polar surface area (TPSA) is 12.0 Å². The Morgan fingerprint density at radius 2 is 1.75 bits per heavy atom. The van der Waals surface area contributed by atoms with Gasteiger partial charge >= 0.3 is 0 Å². The number of hydrogen-bond acceptors (Lipinski definition) is 1. The molecule has 106 valence electrons. The molecule has 1 N–H and O–H groups in total. The van der Waals surface area contributed by atoms with E-state index in [4.69, 9.17) is 23.2 Å². The maximum absolute atomic E-state index is 6.14. The van der Waals surface area contributed by atoms with E-state index in [2.05, 4.69) is 44.3 Å². The molecule has 3 heteroatoms. The maximum Gasteiger partial charge on any atom is 0.0598 e. The molecule has 0 spiro atoms. The summed E-state index contributed by atoms with van der Waals surface area (Å²) in [5.74, 6) is 0. The summed E-state index contributed by atoms with van der Waals surface area (Å²) in [6, 6.07) is 12.7. The minimum absolute atomic E-state index is 0.456. The first-order valence-corrected chi connectivity index (χ1v) is 7.51. The Bertz CT molecular complexity index is 606. The number of hydrogen-bond donors (Lipinski definition) is 1. The van der Waals surface area contributed by atoms with Crippen LogP contribution in [-0.2, 0) is 6.54 Å². The molecule has 2 aromatic rings. The van der Waals surface area contributed by atoms with Gasteiger partial charge in [0.05, 0.1) is 10.0 Å². The first kappa shape index (κ1) is 15.4. The molecule has 0 bridgehead atoms. The highest BCUT2D eigenvalue weighted by atomic mass is 35.5. The standard InChI is InChI=1S/C17H19Cl2N/c1-11(2)20-10-14-5-4-12(3)8-15(14)13-6-7-16(18)17(19)9-13/h4-9,11,20H,10H2,1-3H3. The van der Waals surface area contributed by atoms with Gasteiger partial charge in [0.15, 0.2) is 0 Å². The molecule has 0 amide bonds.